The lowest BCUT2D eigenvalue weighted by Gasteiger charge is -1.86. The van der Waals surface area contributed by atoms with Gasteiger partial charge in [-0.15, -0.1) is 0 Å². The highest BCUT2D eigenvalue weighted by atomic mass is 14.5. The maximum atomic E-state index is 5.18. The fourth-order valence-corrected chi connectivity index (χ4v) is 0.675. The normalized spacial score (nSPS) is 8.62. The molecule has 0 aliphatic carbocycles. The maximum absolute atomic E-state index is 5.18. The number of hydrogen-bond donors (Lipinski definition) is 1. The van der Waals surface area contributed by atoms with Crippen LogP contribution in [0.15, 0.2) is 61.8 Å². The largest absolute Gasteiger partial charge is 0.405 e. The van der Waals surface area contributed by atoms with Crippen molar-refractivity contribution in [1.82, 2.24) is 0 Å². The molecule has 0 bridgehead atoms. The van der Waals surface area contributed by atoms with Crippen LogP contribution in [-0.4, -0.2) is 0 Å². The van der Waals surface area contributed by atoms with Crippen LogP contribution in [0.5, 0.6) is 0 Å². The van der Waals surface area contributed by atoms with E-state index in [1.54, 1.807) is 12.2 Å². The van der Waals surface area contributed by atoms with Gasteiger partial charge in [0.05, 0.1) is 0 Å². The van der Waals surface area contributed by atoms with Crippen molar-refractivity contribution in [2.45, 2.75) is 0 Å². The van der Waals surface area contributed by atoms with Gasteiger partial charge in [-0.1, -0.05) is 55.6 Å². The third-order valence-corrected chi connectivity index (χ3v) is 1.25. The molecular weight excluding hydrogens is 158 g/mol. The van der Waals surface area contributed by atoms with Crippen LogP contribution >= 0.6 is 0 Å². The monoisotopic (exact) mass is 173 g/mol. The van der Waals surface area contributed by atoms with E-state index in [0.29, 0.717) is 0 Å². The predicted octanol–water partition coefficient (Wildman–Crippen LogP) is 2.97. The summed E-state index contributed by atoms with van der Waals surface area (Å²) in [5.41, 5.74) is 6.32. The van der Waals surface area contributed by atoms with E-state index < -0.39 is 0 Å². The molecule has 0 saturated carbocycles. The Kier molecular flexibility index (Phi) is 7.21. The fraction of sp³-hybridized carbons (Fsp3) is 0. The van der Waals surface area contributed by atoms with Gasteiger partial charge in [0.15, 0.2) is 0 Å². The zero-order valence-electron chi connectivity index (χ0n) is 7.69. The van der Waals surface area contributed by atoms with Crippen LogP contribution in [0, 0.1) is 0 Å². The third-order valence-electron chi connectivity index (χ3n) is 1.25. The van der Waals surface area contributed by atoms with E-state index in [1.807, 2.05) is 36.4 Å². The van der Waals surface area contributed by atoms with Gasteiger partial charge in [-0.3, -0.25) is 0 Å². The van der Waals surface area contributed by atoms with Gasteiger partial charge >= 0.3 is 0 Å². The SMILES string of the molecule is C=CC=C.NC=Cc1ccccc1. The summed E-state index contributed by atoms with van der Waals surface area (Å²) >= 11 is 0. The van der Waals surface area contributed by atoms with Gasteiger partial charge in [0.25, 0.3) is 0 Å². The first-order chi connectivity index (χ1) is 6.35. The van der Waals surface area contributed by atoms with Crippen LogP contribution in [0.4, 0.5) is 0 Å². The summed E-state index contributed by atoms with van der Waals surface area (Å²) in [7, 11) is 0. The zero-order valence-corrected chi connectivity index (χ0v) is 7.69. The molecule has 0 amide bonds. The smallest absolute Gasteiger partial charge is 0.00564 e. The Balaban J connectivity index is 0.000000310. The van der Waals surface area contributed by atoms with E-state index in [9.17, 15) is 0 Å². The summed E-state index contributed by atoms with van der Waals surface area (Å²) in [5.74, 6) is 0. The summed E-state index contributed by atoms with van der Waals surface area (Å²) < 4.78 is 0. The van der Waals surface area contributed by atoms with Crippen molar-refractivity contribution in [2.75, 3.05) is 0 Å². The van der Waals surface area contributed by atoms with Gasteiger partial charge < -0.3 is 5.73 Å². The summed E-state index contributed by atoms with van der Waals surface area (Å²) in [4.78, 5) is 0. The number of hydrogen-bond acceptors (Lipinski definition) is 1. The second-order valence-electron chi connectivity index (χ2n) is 2.24. The average molecular weight is 173 g/mol. The quantitative estimate of drug-likeness (QED) is 0.684. The molecule has 0 aliphatic heterocycles. The molecule has 1 nitrogen and oxygen atoms in total. The predicted molar refractivity (Wildman–Crippen MR) is 60.1 cm³/mol. The molecule has 0 aromatic heterocycles. The average Bonchev–Trinajstić information content (AvgIpc) is 2.20. The van der Waals surface area contributed by atoms with Gasteiger partial charge in [0, 0.05) is 0 Å². The minimum absolute atomic E-state index is 1.14. The molecule has 1 aromatic carbocycles. The number of allylic oxidation sites excluding steroid dienone is 2. The van der Waals surface area contributed by atoms with Crippen LogP contribution < -0.4 is 5.73 Å². The second kappa shape index (κ2) is 8.34. The van der Waals surface area contributed by atoms with E-state index in [4.69, 9.17) is 5.73 Å². The summed E-state index contributed by atoms with van der Waals surface area (Å²) in [6.45, 7) is 6.72. The molecule has 0 atom stereocenters. The molecule has 68 valence electrons. The molecule has 0 saturated heterocycles. The van der Waals surface area contributed by atoms with Crippen molar-refractivity contribution >= 4 is 6.08 Å². The van der Waals surface area contributed by atoms with E-state index in [1.165, 1.54) is 6.20 Å². The first-order valence-electron chi connectivity index (χ1n) is 4.02. The fourth-order valence-electron chi connectivity index (χ4n) is 0.675. The minimum atomic E-state index is 1.14. The lowest BCUT2D eigenvalue weighted by Crippen LogP contribution is -1.75. The van der Waals surface area contributed by atoms with Crippen molar-refractivity contribution in [2.24, 2.45) is 5.73 Å². The molecule has 2 N–H and O–H groups in total. The van der Waals surface area contributed by atoms with Gasteiger partial charge in [-0.25, -0.2) is 0 Å². The Hall–Kier alpha value is -1.76. The highest BCUT2D eigenvalue weighted by Crippen LogP contribution is 1.98. The van der Waals surface area contributed by atoms with Crippen molar-refractivity contribution in [3.63, 3.8) is 0 Å². The van der Waals surface area contributed by atoms with Crippen LogP contribution in [0.25, 0.3) is 6.08 Å². The Morgan fingerprint density at radius 2 is 1.54 bits per heavy atom. The molecule has 0 aliphatic rings. The maximum Gasteiger partial charge on any atom is -0.00564 e. The number of nitrogens with two attached hydrogens (primary N) is 1. The summed E-state index contributed by atoms with van der Waals surface area (Å²) in [6, 6.07) is 9.95. The van der Waals surface area contributed by atoms with Gasteiger partial charge in [-0.2, -0.15) is 0 Å². The van der Waals surface area contributed by atoms with Gasteiger partial charge in [-0.05, 0) is 17.8 Å². The van der Waals surface area contributed by atoms with Crippen LogP contribution in [-0.2, 0) is 0 Å². The molecule has 0 fully saturated rings. The lowest BCUT2D eigenvalue weighted by atomic mass is 10.2. The molecule has 0 spiro atoms. The first kappa shape index (κ1) is 11.2. The summed E-state index contributed by atoms with van der Waals surface area (Å²) in [5, 5.41) is 0. The topological polar surface area (TPSA) is 26.0 Å². The molecule has 0 unspecified atom stereocenters. The number of rotatable bonds is 2. The van der Waals surface area contributed by atoms with Crippen LogP contribution in [0.2, 0.25) is 0 Å². The van der Waals surface area contributed by atoms with E-state index in [0.717, 1.165) is 5.56 Å². The molecule has 1 rings (SSSR count). The molecule has 1 aromatic rings. The molecule has 1 heteroatoms. The standard InChI is InChI=1S/C8H9N.C4H6/c9-7-6-8-4-2-1-3-5-8;1-3-4-2/h1-7H,9H2;3-4H,1-2H2. The molecule has 0 radical (unpaired) electrons. The van der Waals surface area contributed by atoms with E-state index in [2.05, 4.69) is 13.2 Å². The van der Waals surface area contributed by atoms with Crippen molar-refractivity contribution in [3.05, 3.63) is 67.4 Å². The van der Waals surface area contributed by atoms with Crippen molar-refractivity contribution in [1.29, 1.82) is 0 Å². The Morgan fingerprint density at radius 1 is 1.00 bits per heavy atom. The van der Waals surface area contributed by atoms with Crippen LogP contribution in [0.3, 0.4) is 0 Å². The Bertz CT molecular complexity index is 254. The highest BCUT2D eigenvalue weighted by molar-refractivity contribution is 5.47. The lowest BCUT2D eigenvalue weighted by molar-refractivity contribution is 1.60. The first-order valence-corrected chi connectivity index (χ1v) is 4.02. The molecule has 13 heavy (non-hydrogen) atoms. The molecule has 0 heterocycles. The second-order valence-corrected chi connectivity index (χ2v) is 2.24. The van der Waals surface area contributed by atoms with Crippen LogP contribution in [0.1, 0.15) is 5.56 Å². The van der Waals surface area contributed by atoms with Gasteiger partial charge in [0.1, 0.15) is 0 Å². The van der Waals surface area contributed by atoms with E-state index >= 15 is 0 Å². The summed E-state index contributed by atoms with van der Waals surface area (Å²) in [6.07, 6.45) is 6.68. The zero-order chi connectivity index (χ0) is 9.94. The van der Waals surface area contributed by atoms with Crippen molar-refractivity contribution in [3.8, 4) is 0 Å². The Labute approximate surface area is 79.9 Å². The number of benzene rings is 1. The molecular formula is C12H15N. The third kappa shape index (κ3) is 6.63. The van der Waals surface area contributed by atoms with Gasteiger partial charge in [0.2, 0.25) is 0 Å². The van der Waals surface area contributed by atoms with E-state index in [-0.39, 0.29) is 0 Å². The minimum Gasteiger partial charge on any atom is -0.405 e. The highest BCUT2D eigenvalue weighted by Gasteiger charge is 1.77. The Morgan fingerprint density at radius 3 is 1.92 bits per heavy atom. The van der Waals surface area contributed by atoms with Crippen molar-refractivity contribution < 1.29 is 0 Å².